The van der Waals surface area contributed by atoms with E-state index in [9.17, 15) is 19.8 Å². The molecule has 2 aromatic rings. The summed E-state index contributed by atoms with van der Waals surface area (Å²) in [5.41, 5.74) is 1.36. The van der Waals surface area contributed by atoms with E-state index in [0.29, 0.717) is 36.4 Å². The topological polar surface area (TPSA) is 117 Å². The number of benzene rings is 1. The number of carboxylic acids is 1. The van der Waals surface area contributed by atoms with Crippen LogP contribution in [-0.4, -0.2) is 80.5 Å². The number of likely N-dealkylation sites (tertiary alicyclic amines) is 1. The third-order valence-corrected chi connectivity index (χ3v) is 8.04. The minimum atomic E-state index is -0.892. The van der Waals surface area contributed by atoms with Crippen LogP contribution in [0.1, 0.15) is 68.8 Å². The highest BCUT2D eigenvalue weighted by Gasteiger charge is 2.47. The molecular weight excluding hydrogens is 500 g/mol. The molecule has 10 nitrogen and oxygen atoms in total. The molecule has 1 saturated heterocycles. The molecule has 39 heavy (non-hydrogen) atoms. The molecule has 1 aromatic carbocycles. The number of carboxylic acid groups (broad SMARTS) is 1. The summed E-state index contributed by atoms with van der Waals surface area (Å²) >= 11 is 0. The van der Waals surface area contributed by atoms with E-state index in [-0.39, 0.29) is 37.8 Å². The van der Waals surface area contributed by atoms with Gasteiger partial charge in [-0.05, 0) is 37.0 Å². The summed E-state index contributed by atoms with van der Waals surface area (Å²) in [6, 6.07) is 3.30. The lowest BCUT2D eigenvalue weighted by atomic mass is 9.83. The number of aromatic nitrogens is 2. The van der Waals surface area contributed by atoms with Crippen LogP contribution in [0.4, 0.5) is 0 Å². The molecule has 3 atom stereocenters. The Bertz CT molecular complexity index is 1130. The zero-order valence-electron chi connectivity index (χ0n) is 23.3. The average molecular weight is 543 g/mol. The number of nitrogens with zero attached hydrogens (tertiary/aromatic N) is 4. The fourth-order valence-corrected chi connectivity index (χ4v) is 5.88. The van der Waals surface area contributed by atoms with Gasteiger partial charge in [-0.25, -0.2) is 4.98 Å². The third-order valence-electron chi connectivity index (χ3n) is 8.04. The van der Waals surface area contributed by atoms with Gasteiger partial charge in [0.1, 0.15) is 5.82 Å². The minimum absolute atomic E-state index is 0.0467. The predicted octanol–water partition coefficient (Wildman–Crippen LogP) is 3.17. The zero-order chi connectivity index (χ0) is 27.9. The number of aliphatic hydroxyl groups excluding tert-OH is 1. The fraction of sp³-hybridized carbons (Fsp3) is 0.621. The number of amides is 1. The van der Waals surface area contributed by atoms with Crippen LogP contribution in [0.15, 0.2) is 24.5 Å². The number of rotatable bonds is 14. The first-order chi connectivity index (χ1) is 18.9. The summed E-state index contributed by atoms with van der Waals surface area (Å²) in [5.74, 6) is -0.0442. The van der Waals surface area contributed by atoms with Gasteiger partial charge in [0, 0.05) is 63.0 Å². The molecular formula is C29H42N4O6. The molecule has 3 heterocycles. The number of fused-ring (bicyclic) bond motifs is 1. The lowest BCUT2D eigenvalue weighted by Gasteiger charge is -2.29. The maximum Gasteiger partial charge on any atom is 0.308 e. The van der Waals surface area contributed by atoms with E-state index < -0.39 is 11.9 Å². The maximum atomic E-state index is 13.6. The molecule has 0 bridgehead atoms. The largest absolute Gasteiger partial charge is 0.481 e. The lowest BCUT2D eigenvalue weighted by molar-refractivity contribution is -0.143. The van der Waals surface area contributed by atoms with E-state index in [1.165, 1.54) is 0 Å². The van der Waals surface area contributed by atoms with Crippen molar-refractivity contribution in [1.82, 2.24) is 19.4 Å². The quantitative estimate of drug-likeness (QED) is 0.374. The molecule has 2 N–H and O–H groups in total. The van der Waals surface area contributed by atoms with E-state index >= 15 is 0 Å². The van der Waals surface area contributed by atoms with Gasteiger partial charge < -0.3 is 29.2 Å². The van der Waals surface area contributed by atoms with E-state index in [0.717, 1.165) is 50.2 Å². The molecule has 1 amide bonds. The van der Waals surface area contributed by atoms with Crippen LogP contribution in [-0.2, 0) is 29.7 Å². The molecule has 10 heteroatoms. The number of aryl methyl sites for hydroxylation is 2. The zero-order valence-corrected chi connectivity index (χ0v) is 23.3. The first-order valence-corrected chi connectivity index (χ1v) is 14.1. The highest BCUT2D eigenvalue weighted by atomic mass is 16.7. The van der Waals surface area contributed by atoms with Crippen LogP contribution in [0.3, 0.4) is 0 Å². The second-order valence-electron chi connectivity index (χ2n) is 10.6. The number of ether oxygens (including phenoxy) is 2. The van der Waals surface area contributed by atoms with Crippen molar-refractivity contribution in [3.8, 4) is 11.5 Å². The Morgan fingerprint density at radius 1 is 1.15 bits per heavy atom. The standard InChI is InChI=1S/C29H42N4O6/c1-4-6-11-32(12-7-5-2)26(35)17-33-16-22(20-14-21(18-34)28-24(15-20)38-19-39-28)27(29(36)37)23(33)8-9-25-30-10-13-31(25)3/h10,13-15,22-23,27,34H,4-9,11-12,16-19H2,1-3H3,(H,36,37)/t22-,23+,27-/m1/s1. The van der Waals surface area contributed by atoms with Crippen molar-refractivity contribution in [2.75, 3.05) is 33.0 Å². The van der Waals surface area contributed by atoms with Crippen LogP contribution in [0, 0.1) is 5.92 Å². The molecule has 0 radical (unpaired) electrons. The Hall–Kier alpha value is -3.11. The molecule has 2 aliphatic rings. The van der Waals surface area contributed by atoms with Gasteiger partial charge in [0.15, 0.2) is 11.5 Å². The monoisotopic (exact) mass is 542 g/mol. The Balaban J connectivity index is 1.64. The van der Waals surface area contributed by atoms with Crippen molar-refractivity contribution in [3.63, 3.8) is 0 Å². The van der Waals surface area contributed by atoms with E-state index in [1.54, 1.807) is 6.20 Å². The van der Waals surface area contributed by atoms with Gasteiger partial charge in [-0.3, -0.25) is 14.5 Å². The first-order valence-electron chi connectivity index (χ1n) is 14.1. The minimum Gasteiger partial charge on any atom is -0.481 e. The summed E-state index contributed by atoms with van der Waals surface area (Å²) < 4.78 is 13.1. The molecule has 4 rings (SSSR count). The summed E-state index contributed by atoms with van der Waals surface area (Å²) in [5, 5.41) is 20.5. The average Bonchev–Trinajstić information content (AvgIpc) is 3.65. The Labute approximate surface area is 230 Å². The molecule has 0 unspecified atom stereocenters. The number of imidazole rings is 1. The van der Waals surface area contributed by atoms with Crippen molar-refractivity contribution < 1.29 is 29.3 Å². The van der Waals surface area contributed by atoms with Crippen molar-refractivity contribution in [2.24, 2.45) is 13.0 Å². The van der Waals surface area contributed by atoms with Gasteiger partial charge in [0.25, 0.3) is 0 Å². The van der Waals surface area contributed by atoms with E-state index in [2.05, 4.69) is 23.7 Å². The van der Waals surface area contributed by atoms with Crippen LogP contribution in [0.5, 0.6) is 11.5 Å². The summed E-state index contributed by atoms with van der Waals surface area (Å²) in [6.45, 7) is 6.10. The van der Waals surface area contributed by atoms with Gasteiger partial charge in [-0.1, -0.05) is 26.7 Å². The molecule has 0 saturated carbocycles. The number of aliphatic carboxylic acids is 1. The van der Waals surface area contributed by atoms with Crippen molar-refractivity contribution in [2.45, 2.75) is 70.9 Å². The van der Waals surface area contributed by atoms with Crippen LogP contribution in [0.2, 0.25) is 0 Å². The van der Waals surface area contributed by atoms with Crippen molar-refractivity contribution >= 4 is 11.9 Å². The summed E-state index contributed by atoms with van der Waals surface area (Å²) in [7, 11) is 1.93. The van der Waals surface area contributed by atoms with E-state index in [4.69, 9.17) is 9.47 Å². The van der Waals surface area contributed by atoms with Crippen molar-refractivity contribution in [3.05, 3.63) is 41.5 Å². The molecule has 214 valence electrons. The Morgan fingerprint density at radius 3 is 2.51 bits per heavy atom. The number of unbranched alkanes of at least 4 members (excludes halogenated alkanes) is 2. The number of aliphatic hydroxyl groups is 1. The SMILES string of the molecule is CCCCN(CCCC)C(=O)CN1C[C@H](c2cc(CO)c3c(c2)OCO3)[C@@H](C(=O)O)[C@@H]1CCc1nccn1C. The highest BCUT2D eigenvalue weighted by Crippen LogP contribution is 2.44. The second kappa shape index (κ2) is 13.3. The first kappa shape index (κ1) is 28.9. The maximum absolute atomic E-state index is 13.6. The van der Waals surface area contributed by atoms with Gasteiger partial charge in [-0.2, -0.15) is 0 Å². The normalized spacial score (nSPS) is 20.5. The Morgan fingerprint density at radius 2 is 1.90 bits per heavy atom. The predicted molar refractivity (Wildman–Crippen MR) is 146 cm³/mol. The number of carbonyl (C=O) groups excluding carboxylic acids is 1. The number of hydrogen-bond acceptors (Lipinski definition) is 7. The molecule has 0 spiro atoms. The third kappa shape index (κ3) is 6.55. The molecule has 2 aliphatic heterocycles. The van der Waals surface area contributed by atoms with Gasteiger partial charge in [0.05, 0.1) is 19.1 Å². The van der Waals surface area contributed by atoms with Gasteiger partial charge in [-0.15, -0.1) is 0 Å². The van der Waals surface area contributed by atoms with Gasteiger partial charge in [0.2, 0.25) is 12.7 Å². The van der Waals surface area contributed by atoms with Crippen LogP contribution >= 0.6 is 0 Å². The smallest absolute Gasteiger partial charge is 0.308 e. The lowest BCUT2D eigenvalue weighted by Crippen LogP contribution is -2.45. The molecule has 1 aromatic heterocycles. The summed E-state index contributed by atoms with van der Waals surface area (Å²) in [4.78, 5) is 34.8. The van der Waals surface area contributed by atoms with Crippen molar-refractivity contribution in [1.29, 1.82) is 0 Å². The highest BCUT2D eigenvalue weighted by molar-refractivity contribution is 5.79. The van der Waals surface area contributed by atoms with Crippen LogP contribution in [0.25, 0.3) is 0 Å². The van der Waals surface area contributed by atoms with E-state index in [1.807, 2.05) is 34.8 Å². The molecule has 1 fully saturated rings. The number of hydrogen-bond donors (Lipinski definition) is 2. The fourth-order valence-electron chi connectivity index (χ4n) is 5.88. The summed E-state index contributed by atoms with van der Waals surface area (Å²) in [6.07, 6.45) is 8.69. The van der Waals surface area contributed by atoms with Gasteiger partial charge >= 0.3 is 5.97 Å². The Kier molecular flexibility index (Phi) is 9.85. The number of carbonyl (C=O) groups is 2. The molecule has 0 aliphatic carbocycles. The van der Waals surface area contributed by atoms with Crippen LogP contribution < -0.4 is 9.47 Å². The second-order valence-corrected chi connectivity index (χ2v) is 10.6.